The summed E-state index contributed by atoms with van der Waals surface area (Å²) in [6.45, 7) is 4.56. The topological polar surface area (TPSA) is 99.1 Å². The fourth-order valence-corrected chi connectivity index (χ4v) is 5.57. The summed E-state index contributed by atoms with van der Waals surface area (Å²) in [7, 11) is 5.50. The molecule has 2 unspecified atom stereocenters. The van der Waals surface area contributed by atoms with Gasteiger partial charge in [-0.1, -0.05) is 114 Å². The largest absolute Gasteiger partial charge is 0.477 e. The van der Waals surface area contributed by atoms with Crippen LogP contribution in [0.1, 0.15) is 155 Å². The van der Waals surface area contributed by atoms with Crippen molar-refractivity contribution in [1.29, 1.82) is 0 Å². The van der Waals surface area contributed by atoms with Gasteiger partial charge >= 0.3 is 17.9 Å². The van der Waals surface area contributed by atoms with Crippen molar-refractivity contribution in [3.05, 3.63) is 48.6 Å². The molecule has 0 rings (SSSR count). The van der Waals surface area contributed by atoms with Crippen molar-refractivity contribution in [2.24, 2.45) is 0 Å². The zero-order chi connectivity index (χ0) is 37.8. The molecular weight excluding hydrogens is 642 g/mol. The van der Waals surface area contributed by atoms with Crippen molar-refractivity contribution < 1.29 is 38.2 Å². The van der Waals surface area contributed by atoms with Gasteiger partial charge in [-0.15, -0.1) is 0 Å². The smallest absolute Gasteiger partial charge is 0.362 e. The summed E-state index contributed by atoms with van der Waals surface area (Å²) < 4.78 is 17.2. The van der Waals surface area contributed by atoms with E-state index in [1.165, 1.54) is 38.5 Å². The number of rotatable bonds is 35. The number of ether oxygens (including phenoxy) is 3. The fourth-order valence-electron chi connectivity index (χ4n) is 5.57. The number of carbonyl (C=O) groups excluding carboxylic acids is 2. The van der Waals surface area contributed by atoms with Crippen molar-refractivity contribution in [2.45, 2.75) is 167 Å². The lowest BCUT2D eigenvalue weighted by molar-refractivity contribution is -0.887. The first-order chi connectivity index (χ1) is 24.6. The van der Waals surface area contributed by atoms with Crippen LogP contribution in [-0.2, 0) is 28.6 Å². The Balaban J connectivity index is 4.47. The van der Waals surface area contributed by atoms with E-state index in [1.807, 2.05) is 21.1 Å². The average molecular weight is 719 g/mol. The van der Waals surface area contributed by atoms with E-state index in [9.17, 15) is 19.5 Å². The number of hydrogen-bond donors (Lipinski definition) is 1. The third kappa shape index (κ3) is 32.9. The summed E-state index contributed by atoms with van der Waals surface area (Å²) >= 11 is 0. The van der Waals surface area contributed by atoms with E-state index in [4.69, 9.17) is 14.2 Å². The Morgan fingerprint density at radius 2 is 1.10 bits per heavy atom. The quantitative estimate of drug-likeness (QED) is 0.0301. The van der Waals surface area contributed by atoms with Gasteiger partial charge in [-0.3, -0.25) is 9.59 Å². The van der Waals surface area contributed by atoms with Crippen LogP contribution in [-0.4, -0.2) is 80.6 Å². The predicted octanol–water partition coefficient (Wildman–Crippen LogP) is 10.5. The molecule has 0 saturated heterocycles. The van der Waals surface area contributed by atoms with E-state index in [-0.39, 0.29) is 36.2 Å². The molecule has 8 nitrogen and oxygen atoms in total. The van der Waals surface area contributed by atoms with Crippen molar-refractivity contribution in [3.8, 4) is 0 Å². The number of carbonyl (C=O) groups is 3. The Hall–Kier alpha value is -2.71. The molecule has 1 N–H and O–H groups in total. The normalized spacial score (nSPS) is 13.5. The molecule has 294 valence electrons. The molecule has 0 aromatic carbocycles. The highest BCUT2D eigenvalue weighted by Crippen LogP contribution is 2.12. The summed E-state index contributed by atoms with van der Waals surface area (Å²) in [5, 5.41) is 9.59. The van der Waals surface area contributed by atoms with Crippen molar-refractivity contribution in [1.82, 2.24) is 0 Å². The van der Waals surface area contributed by atoms with Crippen molar-refractivity contribution >= 4 is 17.9 Å². The van der Waals surface area contributed by atoms with Gasteiger partial charge < -0.3 is 23.8 Å². The number of quaternary nitrogens is 1. The molecule has 0 amide bonds. The second-order valence-electron chi connectivity index (χ2n) is 14.5. The molecule has 2 atom stereocenters. The van der Waals surface area contributed by atoms with Crippen molar-refractivity contribution in [3.63, 3.8) is 0 Å². The molecule has 0 aliphatic rings. The minimum absolute atomic E-state index is 0.0462. The van der Waals surface area contributed by atoms with E-state index < -0.39 is 18.1 Å². The number of likely N-dealkylation sites (N-methyl/N-ethyl adjacent to an activating group) is 1. The van der Waals surface area contributed by atoms with Gasteiger partial charge in [0.1, 0.15) is 6.61 Å². The number of aliphatic carboxylic acids is 1. The van der Waals surface area contributed by atoms with Crippen LogP contribution in [0.4, 0.5) is 0 Å². The second kappa shape index (κ2) is 34.4. The average Bonchev–Trinajstić information content (AvgIpc) is 3.08. The first-order valence-electron chi connectivity index (χ1n) is 20.2. The number of nitrogens with zero attached hydrogens (tertiary/aromatic N) is 1. The molecule has 0 radical (unpaired) electrons. The van der Waals surface area contributed by atoms with Gasteiger partial charge in [-0.2, -0.15) is 0 Å². The van der Waals surface area contributed by atoms with Gasteiger partial charge in [-0.05, 0) is 70.6 Å². The third-order valence-electron chi connectivity index (χ3n) is 8.71. The highest BCUT2D eigenvalue weighted by molar-refractivity contribution is 5.72. The van der Waals surface area contributed by atoms with Crippen LogP contribution in [0.25, 0.3) is 0 Å². The van der Waals surface area contributed by atoms with Crippen LogP contribution >= 0.6 is 0 Å². The Morgan fingerprint density at radius 1 is 0.608 bits per heavy atom. The Bertz CT molecular complexity index is 979. The zero-order valence-corrected chi connectivity index (χ0v) is 33.3. The van der Waals surface area contributed by atoms with E-state index >= 15 is 0 Å². The van der Waals surface area contributed by atoms with E-state index in [1.54, 1.807) is 0 Å². The minimum Gasteiger partial charge on any atom is -0.477 e. The van der Waals surface area contributed by atoms with Crippen LogP contribution in [0.2, 0.25) is 0 Å². The first kappa shape index (κ1) is 48.3. The minimum atomic E-state index is -0.883. The predicted molar refractivity (Wildman–Crippen MR) is 211 cm³/mol. The van der Waals surface area contributed by atoms with Gasteiger partial charge in [0.15, 0.2) is 12.1 Å². The summed E-state index contributed by atoms with van der Waals surface area (Å²) in [5.74, 6) is -1.52. The van der Waals surface area contributed by atoms with E-state index in [0.717, 1.165) is 83.5 Å². The second-order valence-corrected chi connectivity index (χ2v) is 14.5. The lowest BCUT2D eigenvalue weighted by Gasteiger charge is -2.31. The lowest BCUT2D eigenvalue weighted by Crippen LogP contribution is -2.50. The van der Waals surface area contributed by atoms with Crippen LogP contribution in [0, 0.1) is 0 Å². The molecule has 0 saturated carbocycles. The van der Waals surface area contributed by atoms with E-state index in [2.05, 4.69) is 62.5 Å². The van der Waals surface area contributed by atoms with E-state index in [0.29, 0.717) is 19.3 Å². The molecule has 51 heavy (non-hydrogen) atoms. The number of esters is 2. The van der Waals surface area contributed by atoms with Crippen LogP contribution in [0.3, 0.4) is 0 Å². The summed E-state index contributed by atoms with van der Waals surface area (Å²) in [6.07, 6.45) is 38.7. The molecule has 0 spiro atoms. The lowest BCUT2D eigenvalue weighted by atomic mass is 10.1. The number of hydrogen-bond acceptors (Lipinski definition) is 6. The molecule has 0 aromatic rings. The first-order valence-corrected chi connectivity index (χ1v) is 20.2. The molecule has 0 heterocycles. The maximum Gasteiger partial charge on any atom is 0.362 e. The number of allylic oxidation sites excluding steroid dienone is 8. The van der Waals surface area contributed by atoms with Gasteiger partial charge in [0.25, 0.3) is 0 Å². The molecule has 0 bridgehead atoms. The molecule has 0 aliphatic heterocycles. The Morgan fingerprint density at radius 3 is 1.67 bits per heavy atom. The molecule has 8 heteroatoms. The third-order valence-corrected chi connectivity index (χ3v) is 8.71. The Kier molecular flexibility index (Phi) is 32.6. The number of unbranched alkanes of at least 4 members (excludes halogenated alkanes) is 13. The maximum absolute atomic E-state index is 12.7. The maximum atomic E-state index is 12.7. The summed E-state index contributed by atoms with van der Waals surface area (Å²) in [6, 6.07) is -0.620. The fraction of sp³-hybridized carbons (Fsp3) is 0.744. The monoisotopic (exact) mass is 719 g/mol. The van der Waals surface area contributed by atoms with Gasteiger partial charge in [0.05, 0.1) is 34.4 Å². The summed E-state index contributed by atoms with van der Waals surface area (Å²) in [4.78, 5) is 36.8. The standard InChI is InChI=1S/C43H75NO7/c1-6-8-10-12-14-16-18-20-22-24-26-28-30-32-34-42(46)51-39(37-49-36-35-40(43(47)48)44(3,4)5)38-50-41(45)33-31-29-27-25-23-21-19-17-15-13-11-9-7-2/h8,10,14,16,20-23,39-40H,6-7,9,11-13,15,17-19,24-38H2,1-5H3/p+1/b10-8+,16-14+,22-20+,23-21+. The SMILES string of the molecule is CC/C=C/C/C=C/C/C=C/CCCCCCC(=O)OC(COCCC(C(=O)O)[N+](C)(C)C)COC(=O)CCCCC/C=C/CCCCCCCC. The van der Waals surface area contributed by atoms with Crippen LogP contribution < -0.4 is 0 Å². The van der Waals surface area contributed by atoms with Crippen molar-refractivity contribution in [2.75, 3.05) is 41.0 Å². The molecule has 0 aliphatic carbocycles. The molecule has 0 aromatic heterocycles. The highest BCUT2D eigenvalue weighted by atomic mass is 16.6. The van der Waals surface area contributed by atoms with Crippen LogP contribution in [0.15, 0.2) is 48.6 Å². The molecule has 0 fully saturated rings. The van der Waals surface area contributed by atoms with Crippen LogP contribution in [0.5, 0.6) is 0 Å². The highest BCUT2D eigenvalue weighted by Gasteiger charge is 2.31. The van der Waals surface area contributed by atoms with Gasteiger partial charge in [-0.25, -0.2) is 4.79 Å². The number of carboxylic acids is 1. The molecular formula is C43H76NO7+. The Labute approximate surface area is 312 Å². The summed E-state index contributed by atoms with van der Waals surface area (Å²) in [5.41, 5.74) is 0. The number of carboxylic acid groups (broad SMARTS) is 1. The van der Waals surface area contributed by atoms with Gasteiger partial charge in [0, 0.05) is 19.3 Å². The zero-order valence-electron chi connectivity index (χ0n) is 33.3. The van der Waals surface area contributed by atoms with Gasteiger partial charge in [0.2, 0.25) is 0 Å².